The molecule has 0 aromatic rings. The Hall–Kier alpha value is 0.217. The van der Waals surface area contributed by atoms with Crippen molar-refractivity contribution in [1.82, 2.24) is 0 Å². The Bertz CT molecular complexity index is 532. The van der Waals surface area contributed by atoms with Gasteiger partial charge >= 0.3 is 0 Å². The van der Waals surface area contributed by atoms with E-state index in [1.165, 1.54) is 32.1 Å². The molecule has 0 amide bonds. The fraction of sp³-hybridized carbons (Fsp3) is 1.00. The Morgan fingerprint density at radius 2 is 1.20 bits per heavy atom. The molecule has 0 aliphatic heterocycles. The normalized spacial score (nSPS) is 41.8. The van der Waals surface area contributed by atoms with Crippen molar-refractivity contribution in [2.45, 2.75) is 141 Å². The van der Waals surface area contributed by atoms with E-state index in [1.807, 2.05) is 0 Å². The van der Waals surface area contributed by atoms with E-state index in [4.69, 9.17) is 0 Å². The number of rotatable bonds is 8. The number of hydrogen-bond donors (Lipinski definition) is 0. The van der Waals surface area contributed by atoms with Gasteiger partial charge in [0.25, 0.3) is 0 Å². The van der Waals surface area contributed by atoms with Crippen LogP contribution < -0.4 is 0 Å². The van der Waals surface area contributed by atoms with E-state index in [9.17, 15) is 0 Å². The summed E-state index contributed by atoms with van der Waals surface area (Å²) in [6.45, 7) is 13.3. The molecule has 0 bridgehead atoms. The first kappa shape index (κ1) is 23.4. The van der Waals surface area contributed by atoms with Crippen LogP contribution in [-0.4, -0.2) is 8.07 Å². The van der Waals surface area contributed by atoms with Crippen molar-refractivity contribution in [1.29, 1.82) is 0 Å². The molecule has 0 aromatic carbocycles. The summed E-state index contributed by atoms with van der Waals surface area (Å²) in [5.41, 5.74) is 2.32. The highest BCUT2D eigenvalue weighted by atomic mass is 28.3. The Balaban J connectivity index is 1.52. The average Bonchev–Trinajstić information content (AvgIpc) is 3.28. The molecule has 0 nitrogen and oxygen atoms in total. The molecule has 0 radical (unpaired) electrons. The van der Waals surface area contributed by atoms with E-state index in [-0.39, 0.29) is 0 Å². The van der Waals surface area contributed by atoms with E-state index in [0.29, 0.717) is 0 Å². The minimum Gasteiger partial charge on any atom is -0.0689 e. The SMILES string of the molecule is CCCC(CCC)CC1CC([Si](C)(C)C2CC(C)C3CCCCC32)C2CCCCC12. The van der Waals surface area contributed by atoms with Crippen LogP contribution in [0.3, 0.4) is 0 Å². The summed E-state index contributed by atoms with van der Waals surface area (Å²) in [6.07, 6.45) is 23.2. The van der Waals surface area contributed by atoms with Crippen molar-refractivity contribution in [3.8, 4) is 0 Å². The third-order valence-electron chi connectivity index (χ3n) is 11.2. The minimum atomic E-state index is -1.23. The lowest BCUT2D eigenvalue weighted by atomic mass is 9.74. The van der Waals surface area contributed by atoms with Crippen LogP contribution in [0.25, 0.3) is 0 Å². The summed E-state index contributed by atoms with van der Waals surface area (Å²) in [4.78, 5) is 0. The molecule has 4 aliphatic carbocycles. The second-order valence-electron chi connectivity index (χ2n) is 13.1. The van der Waals surface area contributed by atoms with Crippen LogP contribution in [0.1, 0.15) is 117 Å². The summed E-state index contributed by atoms with van der Waals surface area (Å²) in [5.74, 6) is 7.64. The first-order valence-electron chi connectivity index (χ1n) is 14.5. The van der Waals surface area contributed by atoms with Gasteiger partial charge in [0.15, 0.2) is 0 Å². The Labute approximate surface area is 190 Å². The maximum atomic E-state index is 2.90. The van der Waals surface area contributed by atoms with Crippen molar-refractivity contribution in [2.24, 2.45) is 41.4 Å². The molecule has 4 saturated carbocycles. The van der Waals surface area contributed by atoms with Gasteiger partial charge in [0.2, 0.25) is 0 Å². The van der Waals surface area contributed by atoms with E-state index in [0.717, 1.165) is 52.5 Å². The molecule has 174 valence electrons. The van der Waals surface area contributed by atoms with Crippen LogP contribution in [0.5, 0.6) is 0 Å². The molecule has 4 aliphatic rings. The van der Waals surface area contributed by atoms with E-state index >= 15 is 0 Å². The standard InChI is InChI=1S/C29H54Si/c1-6-12-22(13-7-2)19-23-20-29(27-17-11-9-15-25(23)27)30(4,5)28-18-21(3)24-14-8-10-16-26(24)28/h21-29H,6-20H2,1-5H3. The lowest BCUT2D eigenvalue weighted by Crippen LogP contribution is -2.43. The van der Waals surface area contributed by atoms with Gasteiger partial charge in [0.1, 0.15) is 0 Å². The minimum absolute atomic E-state index is 1.03. The monoisotopic (exact) mass is 430 g/mol. The number of fused-ring (bicyclic) bond motifs is 2. The first-order valence-corrected chi connectivity index (χ1v) is 17.6. The first-order chi connectivity index (χ1) is 14.5. The van der Waals surface area contributed by atoms with Gasteiger partial charge in [-0.1, -0.05) is 98.1 Å². The predicted molar refractivity (Wildman–Crippen MR) is 136 cm³/mol. The van der Waals surface area contributed by atoms with Crippen molar-refractivity contribution < 1.29 is 0 Å². The molecule has 4 fully saturated rings. The molecule has 0 N–H and O–H groups in total. The van der Waals surface area contributed by atoms with Crippen LogP contribution >= 0.6 is 0 Å². The summed E-state index contributed by atoms with van der Waals surface area (Å²) < 4.78 is 0. The predicted octanol–water partition coefficient (Wildman–Crippen LogP) is 9.71. The zero-order valence-corrected chi connectivity index (χ0v) is 22.3. The van der Waals surface area contributed by atoms with Gasteiger partial charge in [-0.25, -0.2) is 0 Å². The second kappa shape index (κ2) is 10.0. The van der Waals surface area contributed by atoms with E-state index in [2.05, 4.69) is 33.9 Å². The summed E-state index contributed by atoms with van der Waals surface area (Å²) >= 11 is 0. The van der Waals surface area contributed by atoms with Crippen LogP contribution in [0.2, 0.25) is 24.2 Å². The Kier molecular flexibility index (Phi) is 7.80. The molecule has 0 spiro atoms. The maximum Gasteiger partial charge on any atom is 0.0541 e. The molecular weight excluding hydrogens is 376 g/mol. The van der Waals surface area contributed by atoms with E-state index < -0.39 is 8.07 Å². The Morgan fingerprint density at radius 1 is 0.700 bits per heavy atom. The lowest BCUT2D eigenvalue weighted by Gasteiger charge is -2.45. The Morgan fingerprint density at radius 3 is 1.80 bits per heavy atom. The maximum absolute atomic E-state index is 2.90. The van der Waals surface area contributed by atoms with Gasteiger partial charge in [0, 0.05) is 0 Å². The molecule has 8 atom stereocenters. The zero-order valence-electron chi connectivity index (χ0n) is 21.3. The quantitative estimate of drug-likeness (QED) is 0.336. The number of hydrogen-bond acceptors (Lipinski definition) is 0. The second-order valence-corrected chi connectivity index (χ2v) is 18.3. The van der Waals surface area contributed by atoms with Gasteiger partial charge in [-0.05, 0) is 84.6 Å². The molecular formula is C29H54Si. The van der Waals surface area contributed by atoms with Crippen molar-refractivity contribution in [3.05, 3.63) is 0 Å². The van der Waals surface area contributed by atoms with E-state index in [1.54, 1.807) is 64.2 Å². The highest BCUT2D eigenvalue weighted by Gasteiger charge is 2.56. The molecule has 8 unspecified atom stereocenters. The molecule has 30 heavy (non-hydrogen) atoms. The topological polar surface area (TPSA) is 0 Å². The van der Waals surface area contributed by atoms with Crippen LogP contribution in [0, 0.1) is 41.4 Å². The van der Waals surface area contributed by atoms with Crippen molar-refractivity contribution >= 4 is 8.07 Å². The third-order valence-corrected chi connectivity index (χ3v) is 16.4. The van der Waals surface area contributed by atoms with Crippen molar-refractivity contribution in [3.63, 3.8) is 0 Å². The molecule has 0 saturated heterocycles. The summed E-state index contributed by atoms with van der Waals surface area (Å²) in [6, 6.07) is 0. The molecule has 1 heteroatoms. The van der Waals surface area contributed by atoms with Gasteiger partial charge < -0.3 is 0 Å². The largest absolute Gasteiger partial charge is 0.0689 e. The lowest BCUT2D eigenvalue weighted by molar-refractivity contribution is 0.195. The smallest absolute Gasteiger partial charge is 0.0541 e. The van der Waals surface area contributed by atoms with Crippen LogP contribution in [-0.2, 0) is 0 Å². The molecule has 0 heterocycles. The summed E-state index contributed by atoms with van der Waals surface area (Å²) in [5, 5.41) is 0. The fourth-order valence-corrected chi connectivity index (χ4v) is 15.4. The van der Waals surface area contributed by atoms with Crippen molar-refractivity contribution in [2.75, 3.05) is 0 Å². The van der Waals surface area contributed by atoms with Gasteiger partial charge in [-0.2, -0.15) is 0 Å². The average molecular weight is 431 g/mol. The fourth-order valence-electron chi connectivity index (χ4n) is 9.97. The van der Waals surface area contributed by atoms with Gasteiger partial charge in [0.05, 0.1) is 8.07 Å². The van der Waals surface area contributed by atoms with Crippen LogP contribution in [0.15, 0.2) is 0 Å². The highest BCUT2D eigenvalue weighted by molar-refractivity contribution is 6.80. The molecule has 4 rings (SSSR count). The zero-order chi connectivity index (χ0) is 21.3. The summed E-state index contributed by atoms with van der Waals surface area (Å²) in [7, 11) is -1.23. The molecule has 0 aromatic heterocycles. The van der Waals surface area contributed by atoms with Gasteiger partial charge in [-0.3, -0.25) is 0 Å². The highest BCUT2D eigenvalue weighted by Crippen LogP contribution is 2.64. The van der Waals surface area contributed by atoms with Gasteiger partial charge in [-0.15, -0.1) is 0 Å². The van der Waals surface area contributed by atoms with Crippen LogP contribution in [0.4, 0.5) is 0 Å². The third kappa shape index (κ3) is 4.49.